The van der Waals surface area contributed by atoms with E-state index in [1.807, 2.05) is 0 Å². The Balaban J connectivity index is 1.83. The molecule has 0 radical (unpaired) electrons. The van der Waals surface area contributed by atoms with Crippen LogP contribution in [0.15, 0.2) is 18.2 Å². The molecule has 2 aliphatic rings. The minimum atomic E-state index is -0.243. The summed E-state index contributed by atoms with van der Waals surface area (Å²) in [6.07, 6.45) is 4.10. The maximum atomic E-state index is 13.2. The van der Waals surface area contributed by atoms with Crippen molar-refractivity contribution in [3.05, 3.63) is 35.1 Å². The minimum Gasteiger partial charge on any atom is -0.311 e. The Kier molecular flexibility index (Phi) is 2.94. The molecule has 1 N–H and O–H groups in total. The molecule has 1 fully saturated rings. The molecule has 0 aromatic heterocycles. The summed E-state index contributed by atoms with van der Waals surface area (Å²) in [5, 5.41) is 3.52. The maximum Gasteiger partial charge on any atom is 0.168 e. The monoisotopic (exact) mass is 247 g/mol. The van der Waals surface area contributed by atoms with Crippen molar-refractivity contribution in [1.29, 1.82) is 0 Å². The average Bonchev–Trinajstić information content (AvgIpc) is 2.66. The van der Waals surface area contributed by atoms with Crippen LogP contribution < -0.4 is 5.32 Å². The van der Waals surface area contributed by atoms with Crippen molar-refractivity contribution in [3.63, 3.8) is 0 Å². The van der Waals surface area contributed by atoms with Crippen molar-refractivity contribution in [2.45, 2.75) is 44.7 Å². The summed E-state index contributed by atoms with van der Waals surface area (Å²) < 4.78 is 13.2. The second-order valence-corrected chi connectivity index (χ2v) is 5.58. The molecule has 1 heterocycles. The predicted molar refractivity (Wildman–Crippen MR) is 68.2 cm³/mol. The Morgan fingerprint density at radius 2 is 2.17 bits per heavy atom. The van der Waals surface area contributed by atoms with E-state index in [0.717, 1.165) is 17.5 Å². The number of rotatable bonds is 1. The molecule has 0 bridgehead atoms. The van der Waals surface area contributed by atoms with E-state index in [1.165, 1.54) is 25.0 Å². The fourth-order valence-corrected chi connectivity index (χ4v) is 3.32. The average molecular weight is 247 g/mol. The number of ketones is 1. The second kappa shape index (κ2) is 4.47. The number of fused-ring (bicyclic) bond motifs is 1. The normalized spacial score (nSPS) is 31.4. The smallest absolute Gasteiger partial charge is 0.168 e. The topological polar surface area (TPSA) is 29.1 Å². The first-order chi connectivity index (χ1) is 8.65. The Bertz CT molecular complexity index is 485. The van der Waals surface area contributed by atoms with Crippen LogP contribution >= 0.6 is 0 Å². The minimum absolute atomic E-state index is 0.00421. The van der Waals surface area contributed by atoms with Gasteiger partial charge in [0.1, 0.15) is 5.82 Å². The SMILES string of the molecule is CC1CCCC(C2Cc3cc(F)ccc3C2=O)N1. The van der Waals surface area contributed by atoms with Crippen molar-refractivity contribution < 1.29 is 9.18 Å². The highest BCUT2D eigenvalue weighted by Crippen LogP contribution is 2.32. The Labute approximate surface area is 107 Å². The second-order valence-electron chi connectivity index (χ2n) is 5.58. The fourth-order valence-electron chi connectivity index (χ4n) is 3.32. The van der Waals surface area contributed by atoms with Crippen molar-refractivity contribution in [3.8, 4) is 0 Å². The van der Waals surface area contributed by atoms with E-state index in [4.69, 9.17) is 0 Å². The summed E-state index contributed by atoms with van der Waals surface area (Å²) in [6, 6.07) is 5.28. The molecule has 3 heteroatoms. The largest absolute Gasteiger partial charge is 0.311 e. The lowest BCUT2D eigenvalue weighted by atomic mass is 9.87. The standard InChI is InChI=1S/C15H18FNO/c1-9-3-2-4-14(17-9)13-8-10-7-11(16)5-6-12(10)15(13)18/h5-7,9,13-14,17H,2-4,8H2,1H3. The molecule has 1 aliphatic heterocycles. The van der Waals surface area contributed by atoms with E-state index in [1.54, 1.807) is 6.07 Å². The zero-order valence-electron chi connectivity index (χ0n) is 10.6. The van der Waals surface area contributed by atoms with Crippen LogP contribution in [0.25, 0.3) is 0 Å². The van der Waals surface area contributed by atoms with Gasteiger partial charge in [0.2, 0.25) is 0 Å². The van der Waals surface area contributed by atoms with Gasteiger partial charge >= 0.3 is 0 Å². The molecule has 0 spiro atoms. The number of benzene rings is 1. The van der Waals surface area contributed by atoms with E-state index in [0.29, 0.717) is 12.5 Å². The first kappa shape index (κ1) is 11.8. The van der Waals surface area contributed by atoms with Crippen LogP contribution in [0.2, 0.25) is 0 Å². The molecule has 0 amide bonds. The van der Waals surface area contributed by atoms with Gasteiger partial charge in [0.15, 0.2) is 5.78 Å². The quantitative estimate of drug-likeness (QED) is 0.826. The van der Waals surface area contributed by atoms with Crippen LogP contribution in [0, 0.1) is 11.7 Å². The van der Waals surface area contributed by atoms with Crippen LogP contribution in [-0.2, 0) is 6.42 Å². The van der Waals surface area contributed by atoms with Gasteiger partial charge in [0.25, 0.3) is 0 Å². The predicted octanol–water partition coefficient (Wildman–Crippen LogP) is 2.71. The molecule has 1 aromatic carbocycles. The number of hydrogen-bond donors (Lipinski definition) is 1. The zero-order valence-corrected chi connectivity index (χ0v) is 10.6. The highest BCUT2D eigenvalue weighted by Gasteiger charge is 2.37. The summed E-state index contributed by atoms with van der Waals surface area (Å²) in [5.41, 5.74) is 1.60. The van der Waals surface area contributed by atoms with E-state index < -0.39 is 0 Å². The van der Waals surface area contributed by atoms with Gasteiger partial charge in [-0.15, -0.1) is 0 Å². The van der Waals surface area contributed by atoms with Crippen molar-refractivity contribution in [2.24, 2.45) is 5.92 Å². The first-order valence-corrected chi connectivity index (χ1v) is 6.74. The van der Waals surface area contributed by atoms with Crippen LogP contribution in [0.4, 0.5) is 4.39 Å². The molecule has 96 valence electrons. The number of hydrogen-bond acceptors (Lipinski definition) is 2. The third kappa shape index (κ3) is 1.97. The van der Waals surface area contributed by atoms with Gasteiger partial charge in [0.05, 0.1) is 0 Å². The van der Waals surface area contributed by atoms with Gasteiger partial charge in [0, 0.05) is 23.6 Å². The summed E-state index contributed by atoms with van der Waals surface area (Å²) in [5.74, 6) is -0.0479. The Morgan fingerprint density at radius 3 is 2.94 bits per heavy atom. The highest BCUT2D eigenvalue weighted by molar-refractivity contribution is 6.02. The molecule has 3 rings (SSSR count). The number of nitrogens with one attached hydrogen (secondary N) is 1. The summed E-state index contributed by atoms with van der Waals surface area (Å²) in [4.78, 5) is 12.4. The highest BCUT2D eigenvalue weighted by atomic mass is 19.1. The lowest BCUT2D eigenvalue weighted by Crippen LogP contribution is -2.46. The van der Waals surface area contributed by atoms with Gasteiger partial charge in [-0.1, -0.05) is 6.42 Å². The van der Waals surface area contributed by atoms with Crippen molar-refractivity contribution in [2.75, 3.05) is 0 Å². The summed E-state index contributed by atoms with van der Waals surface area (Å²) in [7, 11) is 0. The molecule has 1 aromatic rings. The molecule has 18 heavy (non-hydrogen) atoms. The number of Topliss-reactive ketones (excluding diaryl/α,β-unsaturated/α-hetero) is 1. The Morgan fingerprint density at radius 1 is 1.33 bits per heavy atom. The molecule has 3 unspecified atom stereocenters. The van der Waals surface area contributed by atoms with Crippen LogP contribution in [-0.4, -0.2) is 17.9 Å². The molecule has 0 saturated carbocycles. The number of carbonyl (C=O) groups is 1. The molecule has 3 atom stereocenters. The number of piperidine rings is 1. The third-order valence-electron chi connectivity index (χ3n) is 4.25. The van der Waals surface area contributed by atoms with Gasteiger partial charge in [-0.05, 0) is 49.9 Å². The van der Waals surface area contributed by atoms with Gasteiger partial charge in [-0.3, -0.25) is 4.79 Å². The molecule has 2 nitrogen and oxygen atoms in total. The zero-order chi connectivity index (χ0) is 12.7. The summed E-state index contributed by atoms with van der Waals surface area (Å²) >= 11 is 0. The van der Waals surface area contributed by atoms with E-state index in [2.05, 4.69) is 12.2 Å². The van der Waals surface area contributed by atoms with E-state index in [9.17, 15) is 9.18 Å². The van der Waals surface area contributed by atoms with Crippen LogP contribution in [0.1, 0.15) is 42.1 Å². The number of carbonyl (C=O) groups excluding carboxylic acids is 1. The van der Waals surface area contributed by atoms with Gasteiger partial charge < -0.3 is 5.32 Å². The van der Waals surface area contributed by atoms with E-state index >= 15 is 0 Å². The first-order valence-electron chi connectivity index (χ1n) is 6.74. The number of halogens is 1. The van der Waals surface area contributed by atoms with Crippen molar-refractivity contribution >= 4 is 5.78 Å². The fraction of sp³-hybridized carbons (Fsp3) is 0.533. The molecule has 1 saturated heterocycles. The maximum absolute atomic E-state index is 13.2. The summed E-state index contributed by atoms with van der Waals surface area (Å²) in [6.45, 7) is 2.17. The van der Waals surface area contributed by atoms with E-state index in [-0.39, 0.29) is 23.6 Å². The van der Waals surface area contributed by atoms with Crippen LogP contribution in [0.5, 0.6) is 0 Å². The molecule has 1 aliphatic carbocycles. The van der Waals surface area contributed by atoms with Crippen molar-refractivity contribution in [1.82, 2.24) is 5.32 Å². The Hall–Kier alpha value is -1.22. The lowest BCUT2D eigenvalue weighted by molar-refractivity contribution is 0.0890. The lowest BCUT2D eigenvalue weighted by Gasteiger charge is -2.32. The molecular weight excluding hydrogens is 229 g/mol. The van der Waals surface area contributed by atoms with Crippen LogP contribution in [0.3, 0.4) is 0 Å². The third-order valence-corrected chi connectivity index (χ3v) is 4.25. The molecular formula is C15H18FNO. The van der Waals surface area contributed by atoms with Gasteiger partial charge in [-0.2, -0.15) is 0 Å². The van der Waals surface area contributed by atoms with Gasteiger partial charge in [-0.25, -0.2) is 4.39 Å².